The van der Waals surface area contributed by atoms with Gasteiger partial charge in [-0.25, -0.2) is 4.79 Å². The molecule has 0 saturated carbocycles. The van der Waals surface area contributed by atoms with Crippen LogP contribution in [0.4, 0.5) is 4.79 Å². The lowest BCUT2D eigenvalue weighted by atomic mass is 9.87. The first kappa shape index (κ1) is 21.2. The fraction of sp³-hybridized carbons (Fsp3) is 0.480. The van der Waals surface area contributed by atoms with Crippen molar-refractivity contribution in [3.63, 3.8) is 0 Å². The molecule has 1 N–H and O–H groups in total. The van der Waals surface area contributed by atoms with Crippen LogP contribution in [0.1, 0.15) is 55.9 Å². The number of urea groups is 1. The van der Waals surface area contributed by atoms with Crippen LogP contribution in [-0.4, -0.2) is 40.6 Å². The van der Waals surface area contributed by atoms with E-state index in [1.165, 1.54) is 16.7 Å². The summed E-state index contributed by atoms with van der Waals surface area (Å²) in [7, 11) is 1.92. The third kappa shape index (κ3) is 5.11. The van der Waals surface area contributed by atoms with Gasteiger partial charge in [-0.3, -0.25) is 0 Å². The van der Waals surface area contributed by atoms with Crippen molar-refractivity contribution in [2.75, 3.05) is 13.6 Å². The highest BCUT2D eigenvalue weighted by molar-refractivity contribution is 5.76. The molecule has 1 aliphatic heterocycles. The SMILES string of the molecule is Cc1cc(CCCC2CN(Cc3ccc(C(C)(C)C)cc3)C(=O)N2C)ccc1O. The third-order valence-electron chi connectivity index (χ3n) is 6.01. The Hall–Kier alpha value is -2.49. The highest BCUT2D eigenvalue weighted by atomic mass is 16.3. The molecule has 1 unspecified atom stereocenters. The number of rotatable bonds is 6. The third-order valence-corrected chi connectivity index (χ3v) is 6.01. The quantitative estimate of drug-likeness (QED) is 0.726. The standard InChI is InChI=1S/C25H34N2O2/c1-18-15-19(11-14-23(18)28)7-6-8-22-17-27(24(29)26(22)5)16-20-9-12-21(13-10-20)25(2,3)4/h9-15,22,28H,6-8,16-17H2,1-5H3. The predicted octanol–water partition coefficient (Wildman–Crippen LogP) is 5.26. The summed E-state index contributed by atoms with van der Waals surface area (Å²) in [4.78, 5) is 16.5. The maximum absolute atomic E-state index is 12.7. The van der Waals surface area contributed by atoms with Gasteiger partial charge in [0.1, 0.15) is 5.75 Å². The summed E-state index contributed by atoms with van der Waals surface area (Å²) in [5.41, 5.74) is 4.79. The van der Waals surface area contributed by atoms with Crippen LogP contribution < -0.4 is 0 Å². The van der Waals surface area contributed by atoms with Crippen LogP contribution in [0.5, 0.6) is 5.75 Å². The lowest BCUT2D eigenvalue weighted by molar-refractivity contribution is 0.193. The van der Waals surface area contributed by atoms with E-state index >= 15 is 0 Å². The van der Waals surface area contributed by atoms with E-state index in [-0.39, 0.29) is 17.5 Å². The van der Waals surface area contributed by atoms with Crippen molar-refractivity contribution in [1.82, 2.24) is 9.80 Å². The number of phenols is 1. The molecule has 0 bridgehead atoms. The van der Waals surface area contributed by atoms with Crippen molar-refractivity contribution in [1.29, 1.82) is 0 Å². The van der Waals surface area contributed by atoms with Crippen molar-refractivity contribution in [2.24, 2.45) is 0 Å². The lowest BCUT2D eigenvalue weighted by Crippen LogP contribution is -2.31. The molecule has 0 aliphatic carbocycles. The van der Waals surface area contributed by atoms with Crippen molar-refractivity contribution >= 4 is 6.03 Å². The minimum absolute atomic E-state index is 0.121. The van der Waals surface area contributed by atoms with Gasteiger partial charge >= 0.3 is 6.03 Å². The van der Waals surface area contributed by atoms with Gasteiger partial charge in [-0.05, 0) is 59.9 Å². The summed E-state index contributed by atoms with van der Waals surface area (Å²) in [6.45, 7) is 10.0. The predicted molar refractivity (Wildman–Crippen MR) is 118 cm³/mol. The van der Waals surface area contributed by atoms with E-state index in [1.54, 1.807) is 6.07 Å². The number of aryl methyl sites for hydroxylation is 2. The highest BCUT2D eigenvalue weighted by Gasteiger charge is 2.33. The van der Waals surface area contributed by atoms with Gasteiger partial charge in [0.15, 0.2) is 0 Å². The Bertz CT molecular complexity index is 852. The van der Waals surface area contributed by atoms with E-state index in [1.807, 2.05) is 35.9 Å². The zero-order valence-electron chi connectivity index (χ0n) is 18.4. The van der Waals surface area contributed by atoms with Gasteiger partial charge < -0.3 is 14.9 Å². The summed E-state index contributed by atoms with van der Waals surface area (Å²) < 4.78 is 0. The number of hydrogen-bond acceptors (Lipinski definition) is 2. The van der Waals surface area contributed by atoms with Crippen LogP contribution in [0.15, 0.2) is 42.5 Å². The van der Waals surface area contributed by atoms with Gasteiger partial charge in [-0.15, -0.1) is 0 Å². The van der Waals surface area contributed by atoms with E-state index in [0.717, 1.165) is 31.4 Å². The van der Waals surface area contributed by atoms with Crippen LogP contribution in [0, 0.1) is 6.92 Å². The molecule has 1 saturated heterocycles. The van der Waals surface area contributed by atoms with Gasteiger partial charge in [-0.1, -0.05) is 57.2 Å². The molecule has 4 nitrogen and oxygen atoms in total. The van der Waals surface area contributed by atoms with E-state index in [0.29, 0.717) is 12.3 Å². The topological polar surface area (TPSA) is 43.8 Å². The lowest BCUT2D eigenvalue weighted by Gasteiger charge is -2.20. The Morgan fingerprint density at radius 3 is 2.34 bits per heavy atom. The minimum atomic E-state index is 0.121. The number of carbonyl (C=O) groups is 1. The zero-order chi connectivity index (χ0) is 21.2. The summed E-state index contributed by atoms with van der Waals surface area (Å²) in [5.74, 6) is 0.348. The first-order chi connectivity index (χ1) is 13.6. The van der Waals surface area contributed by atoms with E-state index < -0.39 is 0 Å². The van der Waals surface area contributed by atoms with Crippen molar-refractivity contribution < 1.29 is 9.90 Å². The number of likely N-dealkylation sites (N-methyl/N-ethyl adjacent to an activating group) is 1. The molecule has 0 aromatic heterocycles. The molecule has 2 aromatic rings. The first-order valence-corrected chi connectivity index (χ1v) is 10.5. The Labute approximate surface area is 175 Å². The van der Waals surface area contributed by atoms with Crippen LogP contribution >= 0.6 is 0 Å². The van der Waals surface area contributed by atoms with Crippen molar-refractivity contribution in [3.8, 4) is 5.75 Å². The number of carbonyl (C=O) groups excluding carboxylic acids is 1. The summed E-state index contributed by atoms with van der Waals surface area (Å²) in [5, 5.41) is 9.66. The van der Waals surface area contributed by atoms with Crippen molar-refractivity contribution in [3.05, 3.63) is 64.7 Å². The van der Waals surface area contributed by atoms with Gasteiger partial charge in [0.05, 0.1) is 6.04 Å². The number of nitrogens with zero attached hydrogens (tertiary/aromatic N) is 2. The van der Waals surface area contributed by atoms with Crippen molar-refractivity contribution in [2.45, 2.75) is 65.0 Å². The number of aromatic hydroxyl groups is 1. The average molecular weight is 395 g/mol. The van der Waals surface area contributed by atoms with E-state index in [9.17, 15) is 9.90 Å². The summed E-state index contributed by atoms with van der Waals surface area (Å²) in [6.07, 6.45) is 2.98. The van der Waals surface area contributed by atoms with Gasteiger partial charge in [-0.2, -0.15) is 0 Å². The molecule has 2 aromatic carbocycles. The number of benzene rings is 2. The fourth-order valence-electron chi connectivity index (χ4n) is 4.00. The first-order valence-electron chi connectivity index (χ1n) is 10.5. The second-order valence-corrected chi connectivity index (χ2v) is 9.39. The number of hydrogen-bond donors (Lipinski definition) is 1. The fourth-order valence-corrected chi connectivity index (χ4v) is 4.00. The molecule has 3 rings (SSSR count). The van der Waals surface area contributed by atoms with Gasteiger partial charge in [0.2, 0.25) is 0 Å². The normalized spacial score (nSPS) is 17.3. The molecule has 1 fully saturated rings. The largest absolute Gasteiger partial charge is 0.508 e. The van der Waals surface area contributed by atoms with Gasteiger partial charge in [0.25, 0.3) is 0 Å². The summed E-state index contributed by atoms with van der Waals surface area (Å²) in [6, 6.07) is 14.8. The Morgan fingerprint density at radius 2 is 1.72 bits per heavy atom. The monoisotopic (exact) mass is 394 g/mol. The van der Waals surface area contributed by atoms with Crippen LogP contribution in [0.25, 0.3) is 0 Å². The molecule has 4 heteroatoms. The Morgan fingerprint density at radius 1 is 1.07 bits per heavy atom. The van der Waals surface area contributed by atoms with E-state index in [2.05, 4.69) is 45.0 Å². The molecule has 1 heterocycles. The molecule has 2 amide bonds. The highest BCUT2D eigenvalue weighted by Crippen LogP contribution is 2.25. The smallest absolute Gasteiger partial charge is 0.320 e. The van der Waals surface area contributed by atoms with E-state index in [4.69, 9.17) is 0 Å². The molecule has 29 heavy (non-hydrogen) atoms. The number of phenolic OH excluding ortho intramolecular Hbond substituents is 1. The molecular formula is C25H34N2O2. The molecule has 0 spiro atoms. The molecule has 0 radical (unpaired) electrons. The maximum atomic E-state index is 12.7. The molecule has 1 atom stereocenters. The Kier molecular flexibility index (Phi) is 6.21. The average Bonchev–Trinajstić information content (AvgIpc) is 2.92. The van der Waals surface area contributed by atoms with Gasteiger partial charge in [0, 0.05) is 20.1 Å². The zero-order valence-corrected chi connectivity index (χ0v) is 18.4. The summed E-state index contributed by atoms with van der Waals surface area (Å²) >= 11 is 0. The molecular weight excluding hydrogens is 360 g/mol. The maximum Gasteiger partial charge on any atom is 0.320 e. The molecule has 1 aliphatic rings. The second kappa shape index (κ2) is 8.48. The van der Waals surface area contributed by atoms with Crippen LogP contribution in [0.3, 0.4) is 0 Å². The second-order valence-electron chi connectivity index (χ2n) is 9.39. The number of amides is 2. The van der Waals surface area contributed by atoms with Crippen LogP contribution in [-0.2, 0) is 18.4 Å². The molecule has 156 valence electrons. The Balaban J connectivity index is 1.54. The van der Waals surface area contributed by atoms with Crippen LogP contribution in [0.2, 0.25) is 0 Å². The minimum Gasteiger partial charge on any atom is -0.508 e.